The van der Waals surface area contributed by atoms with Gasteiger partial charge in [0, 0.05) is 36.0 Å². The van der Waals surface area contributed by atoms with Crippen molar-refractivity contribution in [1.29, 1.82) is 0 Å². The number of nitrogens with zero attached hydrogens (tertiary/aromatic N) is 2. The zero-order chi connectivity index (χ0) is 19.5. The van der Waals surface area contributed by atoms with Gasteiger partial charge in [-0.25, -0.2) is 0 Å². The number of esters is 1. The largest absolute Gasteiger partial charge is 0.497 e. The van der Waals surface area contributed by atoms with Gasteiger partial charge in [0.1, 0.15) is 12.4 Å². The minimum atomic E-state index is -0.234. The van der Waals surface area contributed by atoms with Gasteiger partial charge in [-0.1, -0.05) is 13.0 Å². The van der Waals surface area contributed by atoms with Gasteiger partial charge in [0.2, 0.25) is 0 Å². The van der Waals surface area contributed by atoms with Gasteiger partial charge in [-0.2, -0.15) is 0 Å². The van der Waals surface area contributed by atoms with Crippen LogP contribution in [0.15, 0.2) is 24.3 Å². The Morgan fingerprint density at radius 3 is 2.93 bits per heavy atom. The van der Waals surface area contributed by atoms with Crippen molar-refractivity contribution >= 4 is 22.6 Å². The monoisotopic (exact) mass is 380 g/mol. The number of hydrogen-bond acceptors (Lipinski definition) is 4. The van der Waals surface area contributed by atoms with Crippen LogP contribution in [0.5, 0.6) is 5.75 Å². The van der Waals surface area contributed by atoms with Crippen molar-refractivity contribution in [3.8, 4) is 5.75 Å². The molecule has 0 amide bonds. The molecule has 5 nitrogen and oxygen atoms in total. The number of ether oxygens (including phenoxy) is 2. The maximum Gasteiger partial charge on any atom is 0.303 e. The molecule has 2 aromatic rings. The molecule has 1 aromatic heterocycles. The normalized spacial score (nSPS) is 26.0. The standard InChI is InChI=1S/C23H28N2O3/c1-4-23-9-5-10-24-11-8-19-18-7-6-17(27-3)12-20(18)25(21(19)22(23)24)16(13-23)14-28-15(2)26/h6-7,12-13,22H,4-5,8-11,14H2,1-3H3/t22-,23+/m1/s1. The molecule has 0 saturated carbocycles. The van der Waals surface area contributed by atoms with E-state index in [-0.39, 0.29) is 11.4 Å². The van der Waals surface area contributed by atoms with Gasteiger partial charge in [-0.05, 0) is 49.9 Å². The smallest absolute Gasteiger partial charge is 0.303 e. The van der Waals surface area contributed by atoms with E-state index in [4.69, 9.17) is 9.47 Å². The summed E-state index contributed by atoms with van der Waals surface area (Å²) < 4.78 is 13.4. The Morgan fingerprint density at radius 1 is 1.32 bits per heavy atom. The van der Waals surface area contributed by atoms with Gasteiger partial charge >= 0.3 is 5.97 Å². The van der Waals surface area contributed by atoms with Gasteiger partial charge in [0.25, 0.3) is 0 Å². The molecule has 28 heavy (non-hydrogen) atoms. The highest BCUT2D eigenvalue weighted by atomic mass is 16.5. The summed E-state index contributed by atoms with van der Waals surface area (Å²) >= 11 is 0. The molecule has 3 aliphatic rings. The van der Waals surface area contributed by atoms with E-state index in [1.54, 1.807) is 7.11 Å². The number of methoxy groups -OCH3 is 1. The van der Waals surface area contributed by atoms with Crippen LogP contribution in [0.1, 0.15) is 50.4 Å². The highest BCUT2D eigenvalue weighted by Crippen LogP contribution is 2.57. The van der Waals surface area contributed by atoms with Crippen molar-refractivity contribution < 1.29 is 14.3 Å². The quantitative estimate of drug-likeness (QED) is 0.747. The highest BCUT2D eigenvalue weighted by molar-refractivity contribution is 5.91. The maximum absolute atomic E-state index is 11.6. The number of benzene rings is 1. The van der Waals surface area contributed by atoms with Crippen LogP contribution in [0.3, 0.4) is 0 Å². The second-order valence-electron chi connectivity index (χ2n) is 8.38. The van der Waals surface area contributed by atoms with Crippen LogP contribution in [0.4, 0.5) is 0 Å². The summed E-state index contributed by atoms with van der Waals surface area (Å²) in [4.78, 5) is 14.3. The van der Waals surface area contributed by atoms with Gasteiger partial charge in [-0.15, -0.1) is 0 Å². The maximum atomic E-state index is 11.6. The lowest BCUT2D eigenvalue weighted by molar-refractivity contribution is -0.139. The van der Waals surface area contributed by atoms with Crippen molar-refractivity contribution in [3.63, 3.8) is 0 Å². The average Bonchev–Trinajstić information content (AvgIpc) is 3.05. The lowest BCUT2D eigenvalue weighted by atomic mass is 9.66. The molecule has 5 rings (SSSR count). The van der Waals surface area contributed by atoms with Crippen LogP contribution in [0, 0.1) is 5.41 Å². The summed E-state index contributed by atoms with van der Waals surface area (Å²) in [6.07, 6.45) is 7.02. The zero-order valence-corrected chi connectivity index (χ0v) is 17.0. The molecule has 0 unspecified atom stereocenters. The first kappa shape index (κ1) is 17.8. The molecule has 1 fully saturated rings. The van der Waals surface area contributed by atoms with E-state index in [1.807, 2.05) is 0 Å². The van der Waals surface area contributed by atoms with Crippen LogP contribution in [0.25, 0.3) is 16.6 Å². The van der Waals surface area contributed by atoms with E-state index in [0.29, 0.717) is 12.6 Å². The Bertz CT molecular complexity index is 989. The first-order valence-corrected chi connectivity index (χ1v) is 10.4. The van der Waals surface area contributed by atoms with Gasteiger partial charge < -0.3 is 14.0 Å². The van der Waals surface area contributed by atoms with E-state index in [9.17, 15) is 4.79 Å². The van der Waals surface area contributed by atoms with E-state index in [2.05, 4.69) is 40.7 Å². The van der Waals surface area contributed by atoms with E-state index >= 15 is 0 Å². The Hall–Kier alpha value is -2.27. The fourth-order valence-corrected chi connectivity index (χ4v) is 5.82. The highest BCUT2D eigenvalue weighted by Gasteiger charge is 2.50. The van der Waals surface area contributed by atoms with E-state index < -0.39 is 0 Å². The minimum Gasteiger partial charge on any atom is -0.497 e. The Kier molecular flexibility index (Phi) is 4.05. The van der Waals surface area contributed by atoms with Crippen molar-refractivity contribution in [2.45, 2.75) is 45.6 Å². The zero-order valence-electron chi connectivity index (χ0n) is 17.0. The van der Waals surface area contributed by atoms with Crippen molar-refractivity contribution in [3.05, 3.63) is 35.5 Å². The molecule has 0 N–H and O–H groups in total. The molecular formula is C23H28N2O3. The first-order chi connectivity index (χ1) is 13.6. The molecule has 5 heteroatoms. The predicted octanol–water partition coefficient (Wildman–Crippen LogP) is 4.16. The van der Waals surface area contributed by atoms with Crippen molar-refractivity contribution in [1.82, 2.24) is 9.47 Å². The molecule has 0 aliphatic carbocycles. The summed E-state index contributed by atoms with van der Waals surface area (Å²) in [5, 5.41) is 1.31. The minimum absolute atomic E-state index is 0.122. The summed E-state index contributed by atoms with van der Waals surface area (Å²) in [6.45, 7) is 6.40. The molecular weight excluding hydrogens is 352 g/mol. The second kappa shape index (κ2) is 6.38. The average molecular weight is 380 g/mol. The van der Waals surface area contributed by atoms with Crippen LogP contribution in [-0.2, 0) is 16.0 Å². The number of rotatable bonds is 4. The molecule has 3 aliphatic heterocycles. The molecule has 1 saturated heterocycles. The fraction of sp³-hybridized carbons (Fsp3) is 0.522. The summed E-state index contributed by atoms with van der Waals surface area (Å²) in [5.74, 6) is 0.625. The number of carbonyl (C=O) groups excluding carboxylic acids is 1. The van der Waals surface area contributed by atoms with Crippen molar-refractivity contribution in [2.24, 2.45) is 5.41 Å². The number of hydrogen-bond donors (Lipinski definition) is 0. The molecule has 2 atom stereocenters. The van der Waals surface area contributed by atoms with Crippen LogP contribution >= 0.6 is 0 Å². The number of carbonyl (C=O) groups is 1. The molecule has 148 valence electrons. The lowest BCUT2D eigenvalue weighted by Crippen LogP contribution is -2.50. The van der Waals surface area contributed by atoms with Crippen LogP contribution < -0.4 is 4.74 Å². The van der Waals surface area contributed by atoms with E-state index in [1.165, 1.54) is 48.5 Å². The summed E-state index contributed by atoms with van der Waals surface area (Å²) in [7, 11) is 1.71. The molecule has 1 aromatic carbocycles. The predicted molar refractivity (Wildman–Crippen MR) is 109 cm³/mol. The molecule has 0 spiro atoms. The molecule has 0 bridgehead atoms. The van der Waals surface area contributed by atoms with Crippen LogP contribution in [-0.4, -0.2) is 42.2 Å². The summed E-state index contributed by atoms with van der Waals surface area (Å²) in [5.41, 5.74) is 5.27. The summed E-state index contributed by atoms with van der Waals surface area (Å²) in [6, 6.07) is 6.79. The van der Waals surface area contributed by atoms with Crippen LogP contribution in [0.2, 0.25) is 0 Å². The van der Waals surface area contributed by atoms with Gasteiger partial charge in [0.15, 0.2) is 0 Å². The third kappa shape index (κ3) is 2.38. The lowest BCUT2D eigenvalue weighted by Gasteiger charge is -2.53. The third-order valence-electron chi connectivity index (χ3n) is 7.05. The third-order valence-corrected chi connectivity index (χ3v) is 7.05. The van der Waals surface area contributed by atoms with Gasteiger partial charge in [0.05, 0.1) is 24.4 Å². The Labute approximate surface area is 165 Å². The Balaban J connectivity index is 1.79. The number of aromatic nitrogens is 1. The fourth-order valence-electron chi connectivity index (χ4n) is 5.82. The topological polar surface area (TPSA) is 43.7 Å². The first-order valence-electron chi connectivity index (χ1n) is 10.4. The molecule has 4 heterocycles. The van der Waals surface area contributed by atoms with E-state index in [0.717, 1.165) is 30.8 Å². The number of piperidine rings is 1. The van der Waals surface area contributed by atoms with Gasteiger partial charge in [-0.3, -0.25) is 9.69 Å². The SMILES string of the molecule is CC[C@@]12C=C(COC(C)=O)n3c4c(c5ccc(OC)cc53)CCN(CCC1)[C@H]42. The molecule has 0 radical (unpaired) electrons. The number of fused-ring (bicyclic) bond motifs is 3. The van der Waals surface area contributed by atoms with Crippen molar-refractivity contribution in [2.75, 3.05) is 26.8 Å². The Morgan fingerprint density at radius 2 is 2.18 bits per heavy atom. The second-order valence-corrected chi connectivity index (χ2v) is 8.38.